The number of carbonyl (C=O) groups excluding carboxylic acids is 1. The Kier molecular flexibility index (Phi) is 6.04. The smallest absolute Gasteiger partial charge is 0.306 e. The summed E-state index contributed by atoms with van der Waals surface area (Å²) in [4.78, 5) is 16.2. The second-order valence-corrected chi connectivity index (χ2v) is 5.75. The second-order valence-electron chi connectivity index (χ2n) is 5.75. The van der Waals surface area contributed by atoms with Gasteiger partial charge in [-0.1, -0.05) is 29.4 Å². The lowest BCUT2D eigenvalue weighted by Crippen LogP contribution is -2.06. The highest BCUT2D eigenvalue weighted by Gasteiger charge is 2.12. The topological polar surface area (TPSA) is 83.7 Å². The van der Waals surface area contributed by atoms with E-state index in [1.807, 2.05) is 42.5 Å². The molecule has 1 aromatic heterocycles. The zero-order valence-electron chi connectivity index (χ0n) is 15.2. The Bertz CT molecular complexity index is 889. The minimum absolute atomic E-state index is 0.0571. The van der Waals surface area contributed by atoms with Gasteiger partial charge in [0, 0.05) is 12.0 Å². The van der Waals surface area contributed by atoms with Crippen LogP contribution in [0.25, 0.3) is 11.4 Å². The number of aryl methyl sites for hydroxylation is 1. The van der Waals surface area contributed by atoms with Crippen LogP contribution in [0.2, 0.25) is 0 Å². The highest BCUT2D eigenvalue weighted by Crippen LogP contribution is 2.21. The summed E-state index contributed by atoms with van der Waals surface area (Å²) in [7, 11) is 3.20. The number of hydrogen-bond donors (Lipinski definition) is 0. The zero-order chi connectivity index (χ0) is 19.1. The summed E-state index contributed by atoms with van der Waals surface area (Å²) in [5.41, 5.74) is 1.79. The second kappa shape index (κ2) is 8.84. The average Bonchev–Trinajstić information content (AvgIpc) is 3.20. The number of ether oxygens (including phenoxy) is 3. The maximum atomic E-state index is 11.9. The lowest BCUT2D eigenvalue weighted by molar-refractivity contribution is -0.145. The standard InChI is InChI=1S/C20H20N2O5/c1-24-16-9-6-14(7-10-16)8-11-19(23)26-13-18-21-20(22-27-18)15-4-3-5-17(12-15)25-2/h3-7,9-10,12H,8,11,13H2,1-2H3. The van der Waals surface area contributed by atoms with Crippen LogP contribution in [0.1, 0.15) is 17.9 Å². The van der Waals surface area contributed by atoms with Crippen molar-refractivity contribution in [2.24, 2.45) is 0 Å². The fraction of sp³-hybridized carbons (Fsp3) is 0.250. The maximum absolute atomic E-state index is 11.9. The SMILES string of the molecule is COc1ccc(CCC(=O)OCc2nc(-c3cccc(OC)c3)no2)cc1. The normalized spacial score (nSPS) is 10.4. The third kappa shape index (κ3) is 5.07. The van der Waals surface area contributed by atoms with E-state index in [2.05, 4.69) is 10.1 Å². The van der Waals surface area contributed by atoms with Crippen LogP contribution in [0.5, 0.6) is 11.5 Å². The van der Waals surface area contributed by atoms with Crippen LogP contribution in [-0.4, -0.2) is 30.3 Å². The third-order valence-electron chi connectivity index (χ3n) is 3.93. The molecule has 3 aromatic rings. The van der Waals surface area contributed by atoms with Gasteiger partial charge in [0.15, 0.2) is 6.61 Å². The molecule has 0 unspecified atom stereocenters. The van der Waals surface area contributed by atoms with E-state index in [0.29, 0.717) is 18.0 Å². The lowest BCUT2D eigenvalue weighted by atomic mass is 10.1. The van der Waals surface area contributed by atoms with Gasteiger partial charge >= 0.3 is 5.97 Å². The van der Waals surface area contributed by atoms with Gasteiger partial charge in [-0.15, -0.1) is 0 Å². The van der Waals surface area contributed by atoms with Gasteiger partial charge in [-0.05, 0) is 36.2 Å². The summed E-state index contributed by atoms with van der Waals surface area (Å²) in [5.74, 6) is 1.81. The molecular formula is C20H20N2O5. The largest absolute Gasteiger partial charge is 0.497 e. The summed E-state index contributed by atoms with van der Waals surface area (Å²) in [6.07, 6.45) is 0.852. The van der Waals surface area contributed by atoms with Gasteiger partial charge in [0.05, 0.1) is 14.2 Å². The molecule has 0 aliphatic rings. The van der Waals surface area contributed by atoms with E-state index in [4.69, 9.17) is 18.7 Å². The van der Waals surface area contributed by atoms with Gasteiger partial charge in [-0.25, -0.2) is 0 Å². The summed E-state index contributed by atoms with van der Waals surface area (Å²) >= 11 is 0. The lowest BCUT2D eigenvalue weighted by Gasteiger charge is -2.04. The van der Waals surface area contributed by atoms with Crippen molar-refractivity contribution >= 4 is 5.97 Å². The number of benzene rings is 2. The number of hydrogen-bond acceptors (Lipinski definition) is 7. The van der Waals surface area contributed by atoms with Gasteiger partial charge in [0.2, 0.25) is 5.82 Å². The number of esters is 1. The molecule has 0 aliphatic heterocycles. The molecule has 7 heteroatoms. The van der Waals surface area contributed by atoms with Gasteiger partial charge < -0.3 is 18.7 Å². The van der Waals surface area contributed by atoms with E-state index in [9.17, 15) is 4.79 Å². The van der Waals surface area contributed by atoms with Crippen LogP contribution in [-0.2, 0) is 22.6 Å². The van der Waals surface area contributed by atoms with Crippen LogP contribution in [0, 0.1) is 0 Å². The van der Waals surface area contributed by atoms with E-state index in [1.54, 1.807) is 20.3 Å². The van der Waals surface area contributed by atoms with Crippen LogP contribution in [0.3, 0.4) is 0 Å². The fourth-order valence-corrected chi connectivity index (χ4v) is 2.45. The minimum atomic E-state index is -0.327. The predicted octanol–water partition coefficient (Wildman–Crippen LogP) is 3.43. The minimum Gasteiger partial charge on any atom is -0.497 e. The monoisotopic (exact) mass is 368 g/mol. The molecule has 3 rings (SSSR count). The van der Waals surface area contributed by atoms with E-state index in [-0.39, 0.29) is 24.9 Å². The molecule has 0 aliphatic carbocycles. The molecule has 0 N–H and O–H groups in total. The molecule has 1 heterocycles. The Labute approximate surface area is 156 Å². The summed E-state index contributed by atoms with van der Waals surface area (Å²) < 4.78 is 20.6. The molecule has 0 amide bonds. The summed E-state index contributed by atoms with van der Waals surface area (Å²) in [6, 6.07) is 14.9. The Hall–Kier alpha value is -3.35. The van der Waals surface area contributed by atoms with Crippen molar-refractivity contribution in [1.82, 2.24) is 10.1 Å². The van der Waals surface area contributed by atoms with E-state index < -0.39 is 0 Å². The van der Waals surface area contributed by atoms with Crippen LogP contribution < -0.4 is 9.47 Å². The summed E-state index contributed by atoms with van der Waals surface area (Å²) in [6.45, 7) is -0.0571. The van der Waals surface area contributed by atoms with Crippen molar-refractivity contribution in [1.29, 1.82) is 0 Å². The van der Waals surface area contributed by atoms with Gasteiger partial charge in [-0.2, -0.15) is 4.98 Å². The molecule has 7 nitrogen and oxygen atoms in total. The van der Waals surface area contributed by atoms with Crippen LogP contribution in [0.15, 0.2) is 53.1 Å². The number of aromatic nitrogens is 2. The molecule has 0 atom stereocenters. The van der Waals surface area contributed by atoms with Crippen LogP contribution in [0.4, 0.5) is 0 Å². The first-order valence-electron chi connectivity index (χ1n) is 8.43. The molecule has 0 spiro atoms. The Morgan fingerprint density at radius 3 is 2.56 bits per heavy atom. The average molecular weight is 368 g/mol. The molecule has 27 heavy (non-hydrogen) atoms. The first-order valence-corrected chi connectivity index (χ1v) is 8.43. The van der Waals surface area contributed by atoms with Crippen LogP contribution >= 0.6 is 0 Å². The van der Waals surface area contributed by atoms with Gasteiger partial charge in [0.1, 0.15) is 11.5 Å². The molecule has 0 saturated heterocycles. The number of rotatable bonds is 8. The maximum Gasteiger partial charge on any atom is 0.306 e. The van der Waals surface area contributed by atoms with Crippen molar-refractivity contribution in [3.05, 3.63) is 60.0 Å². The van der Waals surface area contributed by atoms with E-state index in [1.165, 1.54) is 0 Å². The molecule has 0 saturated carbocycles. The van der Waals surface area contributed by atoms with Crippen molar-refractivity contribution in [2.75, 3.05) is 14.2 Å². The Morgan fingerprint density at radius 2 is 1.81 bits per heavy atom. The van der Waals surface area contributed by atoms with E-state index in [0.717, 1.165) is 16.9 Å². The number of methoxy groups -OCH3 is 2. The predicted molar refractivity (Wildman–Crippen MR) is 97.4 cm³/mol. The quantitative estimate of drug-likeness (QED) is 0.563. The third-order valence-corrected chi connectivity index (χ3v) is 3.93. The molecule has 0 bridgehead atoms. The van der Waals surface area contributed by atoms with Gasteiger partial charge in [-0.3, -0.25) is 4.79 Å². The van der Waals surface area contributed by atoms with Crippen molar-refractivity contribution in [3.63, 3.8) is 0 Å². The Morgan fingerprint density at radius 1 is 1.04 bits per heavy atom. The molecule has 2 aromatic carbocycles. The van der Waals surface area contributed by atoms with E-state index >= 15 is 0 Å². The summed E-state index contributed by atoms with van der Waals surface area (Å²) in [5, 5.41) is 3.90. The highest BCUT2D eigenvalue weighted by atomic mass is 16.6. The highest BCUT2D eigenvalue weighted by molar-refractivity contribution is 5.69. The van der Waals surface area contributed by atoms with Crippen molar-refractivity contribution in [2.45, 2.75) is 19.4 Å². The zero-order valence-corrected chi connectivity index (χ0v) is 15.2. The number of carbonyl (C=O) groups is 1. The fourth-order valence-electron chi connectivity index (χ4n) is 2.45. The van der Waals surface area contributed by atoms with Crippen molar-refractivity contribution < 1.29 is 23.5 Å². The molecule has 0 radical (unpaired) electrons. The molecule has 0 fully saturated rings. The van der Waals surface area contributed by atoms with Crippen molar-refractivity contribution in [3.8, 4) is 22.9 Å². The Balaban J connectivity index is 1.49. The van der Waals surface area contributed by atoms with Gasteiger partial charge in [0.25, 0.3) is 5.89 Å². The molecule has 140 valence electrons. The molecular weight excluding hydrogens is 348 g/mol. The first kappa shape index (κ1) is 18.4. The first-order chi connectivity index (χ1) is 13.2. The number of nitrogens with zero attached hydrogens (tertiary/aromatic N) is 2.